The standard InChI is InChI=1S/C14H22O6/c1-12(19-8-9-20-12)11-10-13(15-2,16-3)6-7-14(11,17-4)18-5/h6-7,10H,8-9H2,1-5H3. The monoisotopic (exact) mass is 286 g/mol. The van der Waals surface area contributed by atoms with Crippen molar-refractivity contribution in [3.8, 4) is 0 Å². The lowest BCUT2D eigenvalue weighted by atomic mass is 9.89. The Labute approximate surface area is 119 Å². The van der Waals surface area contributed by atoms with Crippen molar-refractivity contribution in [2.45, 2.75) is 24.3 Å². The molecule has 0 radical (unpaired) electrons. The molecule has 1 aliphatic heterocycles. The zero-order valence-corrected chi connectivity index (χ0v) is 12.6. The van der Waals surface area contributed by atoms with Gasteiger partial charge in [0.25, 0.3) is 0 Å². The highest BCUT2D eigenvalue weighted by atomic mass is 16.7. The van der Waals surface area contributed by atoms with Crippen molar-refractivity contribution in [1.29, 1.82) is 0 Å². The molecule has 0 spiro atoms. The van der Waals surface area contributed by atoms with E-state index in [1.54, 1.807) is 46.7 Å². The molecule has 0 N–H and O–H groups in total. The minimum absolute atomic E-state index is 0.508. The molecule has 0 aromatic heterocycles. The van der Waals surface area contributed by atoms with Gasteiger partial charge in [-0.05, 0) is 25.2 Å². The van der Waals surface area contributed by atoms with Gasteiger partial charge in [0.1, 0.15) is 0 Å². The summed E-state index contributed by atoms with van der Waals surface area (Å²) < 4.78 is 33.4. The van der Waals surface area contributed by atoms with Gasteiger partial charge in [-0.1, -0.05) is 0 Å². The molecule has 2 aliphatic rings. The smallest absolute Gasteiger partial charge is 0.216 e. The van der Waals surface area contributed by atoms with Crippen LogP contribution in [0.1, 0.15) is 6.92 Å². The van der Waals surface area contributed by atoms with Crippen LogP contribution in [0.2, 0.25) is 0 Å². The maximum atomic E-state index is 5.73. The van der Waals surface area contributed by atoms with Crippen molar-refractivity contribution in [3.05, 3.63) is 23.8 Å². The summed E-state index contributed by atoms with van der Waals surface area (Å²) in [5.41, 5.74) is 0.652. The Kier molecular flexibility index (Phi) is 4.34. The Bertz CT molecular complexity index is 400. The van der Waals surface area contributed by atoms with E-state index in [-0.39, 0.29) is 0 Å². The van der Waals surface area contributed by atoms with Gasteiger partial charge in [0.05, 0.1) is 18.8 Å². The van der Waals surface area contributed by atoms with Gasteiger partial charge in [0.2, 0.25) is 11.6 Å². The van der Waals surface area contributed by atoms with Crippen molar-refractivity contribution in [3.63, 3.8) is 0 Å². The molecule has 0 aromatic rings. The SMILES string of the molecule is COC1(OC)C=CC(OC)(OC)C(C2(C)OCCO2)=C1. The van der Waals surface area contributed by atoms with E-state index in [0.29, 0.717) is 18.8 Å². The lowest BCUT2D eigenvalue weighted by Crippen LogP contribution is -2.50. The van der Waals surface area contributed by atoms with Crippen molar-refractivity contribution in [2.75, 3.05) is 41.7 Å². The average molecular weight is 286 g/mol. The highest BCUT2D eigenvalue weighted by Gasteiger charge is 2.51. The van der Waals surface area contributed by atoms with E-state index in [9.17, 15) is 0 Å². The lowest BCUT2D eigenvalue weighted by molar-refractivity contribution is -0.207. The summed E-state index contributed by atoms with van der Waals surface area (Å²) >= 11 is 0. The maximum Gasteiger partial charge on any atom is 0.216 e. The second-order valence-electron chi connectivity index (χ2n) is 4.74. The molecule has 0 atom stereocenters. The third-order valence-corrected chi connectivity index (χ3v) is 3.83. The fourth-order valence-corrected chi connectivity index (χ4v) is 2.56. The third-order valence-electron chi connectivity index (χ3n) is 3.83. The first-order valence-corrected chi connectivity index (χ1v) is 6.42. The topological polar surface area (TPSA) is 55.4 Å². The second kappa shape index (κ2) is 5.55. The van der Waals surface area contributed by atoms with Crippen molar-refractivity contribution in [1.82, 2.24) is 0 Å². The summed E-state index contributed by atoms with van der Waals surface area (Å²) in [6, 6.07) is 0. The minimum Gasteiger partial charge on any atom is -0.346 e. The van der Waals surface area contributed by atoms with E-state index in [2.05, 4.69) is 0 Å². The van der Waals surface area contributed by atoms with E-state index in [1.165, 1.54) is 0 Å². The molecule has 6 heteroatoms. The van der Waals surface area contributed by atoms with E-state index < -0.39 is 17.4 Å². The Morgan fingerprint density at radius 3 is 1.90 bits per heavy atom. The zero-order valence-electron chi connectivity index (χ0n) is 12.6. The molecule has 0 saturated carbocycles. The number of methoxy groups -OCH3 is 4. The van der Waals surface area contributed by atoms with Crippen molar-refractivity contribution in [2.24, 2.45) is 0 Å². The summed E-state index contributed by atoms with van der Waals surface area (Å²) in [5, 5.41) is 0. The maximum absolute atomic E-state index is 5.73. The van der Waals surface area contributed by atoms with Crippen LogP contribution >= 0.6 is 0 Å². The van der Waals surface area contributed by atoms with Gasteiger partial charge in [-0.15, -0.1) is 0 Å². The van der Waals surface area contributed by atoms with Crippen LogP contribution < -0.4 is 0 Å². The Balaban J connectivity index is 2.51. The normalized spacial score (nSPS) is 26.6. The van der Waals surface area contributed by atoms with Crippen LogP contribution in [0.15, 0.2) is 23.8 Å². The number of hydrogen-bond acceptors (Lipinski definition) is 6. The summed E-state index contributed by atoms with van der Waals surface area (Å²) in [7, 11) is 6.25. The first-order valence-electron chi connectivity index (χ1n) is 6.42. The van der Waals surface area contributed by atoms with Gasteiger partial charge in [-0.3, -0.25) is 0 Å². The van der Waals surface area contributed by atoms with Crippen LogP contribution in [-0.2, 0) is 28.4 Å². The molecule has 1 saturated heterocycles. The highest BCUT2D eigenvalue weighted by molar-refractivity contribution is 5.37. The van der Waals surface area contributed by atoms with Crippen LogP contribution in [0.3, 0.4) is 0 Å². The molecular formula is C14H22O6. The quantitative estimate of drug-likeness (QED) is 0.559. The predicted molar refractivity (Wildman–Crippen MR) is 71.0 cm³/mol. The first-order chi connectivity index (χ1) is 9.50. The molecule has 1 fully saturated rings. The first kappa shape index (κ1) is 15.6. The number of ether oxygens (including phenoxy) is 6. The molecule has 1 aliphatic carbocycles. The molecule has 0 amide bonds. The minimum atomic E-state index is -1.07. The third kappa shape index (κ3) is 2.32. The largest absolute Gasteiger partial charge is 0.346 e. The molecule has 0 unspecified atom stereocenters. The number of rotatable bonds is 5. The molecular weight excluding hydrogens is 264 g/mol. The Hall–Kier alpha value is -0.760. The Morgan fingerprint density at radius 2 is 1.45 bits per heavy atom. The van der Waals surface area contributed by atoms with Gasteiger partial charge in [0.15, 0.2) is 5.79 Å². The summed E-state index contributed by atoms with van der Waals surface area (Å²) in [5.74, 6) is -3.01. The number of hydrogen-bond donors (Lipinski definition) is 0. The lowest BCUT2D eigenvalue weighted by Gasteiger charge is -2.42. The molecule has 1 heterocycles. The van der Waals surface area contributed by atoms with Crippen LogP contribution in [0.5, 0.6) is 0 Å². The average Bonchev–Trinajstić information content (AvgIpc) is 2.94. The molecule has 0 aromatic carbocycles. The van der Waals surface area contributed by atoms with Gasteiger partial charge in [-0.25, -0.2) is 0 Å². The highest BCUT2D eigenvalue weighted by Crippen LogP contribution is 2.42. The van der Waals surface area contributed by atoms with Crippen LogP contribution in [0.4, 0.5) is 0 Å². The van der Waals surface area contributed by atoms with Crippen LogP contribution in [0, 0.1) is 0 Å². The van der Waals surface area contributed by atoms with Gasteiger partial charge < -0.3 is 28.4 Å². The van der Waals surface area contributed by atoms with Crippen molar-refractivity contribution < 1.29 is 28.4 Å². The van der Waals surface area contributed by atoms with Gasteiger partial charge in [-0.2, -0.15) is 0 Å². The van der Waals surface area contributed by atoms with E-state index in [1.807, 2.05) is 6.92 Å². The fraction of sp³-hybridized carbons (Fsp3) is 0.714. The van der Waals surface area contributed by atoms with E-state index in [4.69, 9.17) is 28.4 Å². The molecule has 20 heavy (non-hydrogen) atoms. The Morgan fingerprint density at radius 1 is 0.900 bits per heavy atom. The van der Waals surface area contributed by atoms with E-state index in [0.717, 1.165) is 0 Å². The van der Waals surface area contributed by atoms with Crippen LogP contribution in [-0.4, -0.2) is 59.0 Å². The zero-order chi connectivity index (χ0) is 14.9. The summed E-state index contributed by atoms with van der Waals surface area (Å²) in [6.45, 7) is 2.84. The fourth-order valence-electron chi connectivity index (χ4n) is 2.56. The summed E-state index contributed by atoms with van der Waals surface area (Å²) in [4.78, 5) is 0. The van der Waals surface area contributed by atoms with E-state index >= 15 is 0 Å². The molecule has 114 valence electrons. The van der Waals surface area contributed by atoms with Crippen LogP contribution in [0.25, 0.3) is 0 Å². The second-order valence-corrected chi connectivity index (χ2v) is 4.74. The predicted octanol–water partition coefficient (Wildman–Crippen LogP) is 1.22. The van der Waals surface area contributed by atoms with Crippen molar-refractivity contribution >= 4 is 0 Å². The van der Waals surface area contributed by atoms with Gasteiger partial charge >= 0.3 is 0 Å². The molecule has 2 rings (SSSR count). The summed E-state index contributed by atoms with van der Waals surface area (Å²) in [6.07, 6.45) is 5.25. The van der Waals surface area contributed by atoms with Gasteiger partial charge in [0, 0.05) is 28.4 Å². The molecule has 6 nitrogen and oxygen atoms in total. The molecule has 0 bridgehead atoms.